The number of carbonyl (C=O) groups is 2. The molecule has 3 aromatic rings. The van der Waals surface area contributed by atoms with E-state index in [0.29, 0.717) is 22.2 Å². The SMILES string of the molecule is CCNC(=O)C(C)N(Cc1c(Cl)cccc1Cl)C(=O)CN(c1ccccc1OC)S(=O)(=O)c1ccccc1. The minimum absolute atomic E-state index is 0.00354. The maximum absolute atomic E-state index is 13.9. The topological polar surface area (TPSA) is 96.0 Å². The molecule has 0 aliphatic carbocycles. The van der Waals surface area contributed by atoms with Gasteiger partial charge in [0.15, 0.2) is 0 Å². The third kappa shape index (κ3) is 6.59. The molecule has 202 valence electrons. The molecular formula is C27H29Cl2N3O5S. The highest BCUT2D eigenvalue weighted by molar-refractivity contribution is 7.92. The van der Waals surface area contributed by atoms with Gasteiger partial charge in [0.2, 0.25) is 11.8 Å². The normalized spacial score (nSPS) is 11.9. The van der Waals surface area contributed by atoms with Crippen LogP contribution >= 0.6 is 23.2 Å². The first-order chi connectivity index (χ1) is 18.1. The Morgan fingerprint density at radius 2 is 1.55 bits per heavy atom. The van der Waals surface area contributed by atoms with E-state index in [0.717, 1.165) is 4.31 Å². The van der Waals surface area contributed by atoms with Crippen molar-refractivity contribution in [2.75, 3.05) is 24.5 Å². The Kier molecular flexibility index (Phi) is 10.0. The number of rotatable bonds is 11. The molecule has 0 saturated heterocycles. The molecule has 0 bridgehead atoms. The average molecular weight is 579 g/mol. The summed E-state index contributed by atoms with van der Waals surface area (Å²) in [5.41, 5.74) is 0.615. The molecule has 0 heterocycles. The maximum atomic E-state index is 13.9. The van der Waals surface area contributed by atoms with Gasteiger partial charge in [0, 0.05) is 28.7 Å². The van der Waals surface area contributed by atoms with E-state index >= 15 is 0 Å². The Morgan fingerprint density at radius 3 is 2.16 bits per heavy atom. The fourth-order valence-corrected chi connectivity index (χ4v) is 5.79. The van der Waals surface area contributed by atoms with Crippen LogP contribution in [0.1, 0.15) is 19.4 Å². The second-order valence-corrected chi connectivity index (χ2v) is 11.0. The first kappa shape index (κ1) is 29.3. The number of carbonyl (C=O) groups excluding carboxylic acids is 2. The van der Waals surface area contributed by atoms with Crippen molar-refractivity contribution in [2.24, 2.45) is 0 Å². The van der Waals surface area contributed by atoms with Gasteiger partial charge < -0.3 is 15.0 Å². The van der Waals surface area contributed by atoms with Crippen molar-refractivity contribution in [2.45, 2.75) is 31.3 Å². The monoisotopic (exact) mass is 577 g/mol. The number of sulfonamides is 1. The number of nitrogens with zero attached hydrogens (tertiary/aromatic N) is 2. The number of benzene rings is 3. The number of ether oxygens (including phenoxy) is 1. The van der Waals surface area contributed by atoms with Crippen molar-refractivity contribution >= 4 is 50.7 Å². The molecular weight excluding hydrogens is 549 g/mol. The molecule has 0 saturated carbocycles. The van der Waals surface area contributed by atoms with E-state index < -0.39 is 34.4 Å². The number of hydrogen-bond donors (Lipinski definition) is 1. The zero-order valence-corrected chi connectivity index (χ0v) is 23.6. The van der Waals surface area contributed by atoms with E-state index in [-0.39, 0.29) is 22.9 Å². The lowest BCUT2D eigenvalue weighted by Gasteiger charge is -2.32. The third-order valence-corrected chi connectivity index (χ3v) is 8.35. The summed E-state index contributed by atoms with van der Waals surface area (Å²) < 4.78 is 34.0. The minimum atomic E-state index is -4.21. The van der Waals surface area contributed by atoms with E-state index in [1.165, 1.54) is 24.1 Å². The van der Waals surface area contributed by atoms with Crippen molar-refractivity contribution < 1.29 is 22.7 Å². The summed E-state index contributed by atoms with van der Waals surface area (Å²) in [5, 5.41) is 3.34. The van der Waals surface area contributed by atoms with Gasteiger partial charge in [-0.25, -0.2) is 8.42 Å². The number of methoxy groups -OCH3 is 1. The van der Waals surface area contributed by atoms with Crippen molar-refractivity contribution in [1.82, 2.24) is 10.2 Å². The Bertz CT molecular complexity index is 1370. The van der Waals surface area contributed by atoms with Gasteiger partial charge in [-0.3, -0.25) is 13.9 Å². The van der Waals surface area contributed by atoms with Crippen LogP contribution in [0.3, 0.4) is 0 Å². The van der Waals surface area contributed by atoms with Crippen molar-refractivity contribution in [1.29, 1.82) is 0 Å². The van der Waals surface area contributed by atoms with Crippen LogP contribution in [-0.2, 0) is 26.2 Å². The zero-order valence-electron chi connectivity index (χ0n) is 21.2. The van der Waals surface area contributed by atoms with Crippen LogP contribution in [-0.4, -0.2) is 51.4 Å². The van der Waals surface area contributed by atoms with E-state index in [2.05, 4.69) is 5.32 Å². The Morgan fingerprint density at radius 1 is 0.947 bits per heavy atom. The molecule has 38 heavy (non-hydrogen) atoms. The molecule has 8 nitrogen and oxygen atoms in total. The highest BCUT2D eigenvalue weighted by Crippen LogP contribution is 2.33. The first-order valence-electron chi connectivity index (χ1n) is 11.8. The molecule has 0 spiro atoms. The van der Waals surface area contributed by atoms with Crippen LogP contribution < -0.4 is 14.4 Å². The summed E-state index contributed by atoms with van der Waals surface area (Å²) in [6.45, 7) is 2.96. The highest BCUT2D eigenvalue weighted by Gasteiger charge is 2.34. The molecule has 1 unspecified atom stereocenters. The van der Waals surface area contributed by atoms with Gasteiger partial charge in [-0.1, -0.05) is 59.6 Å². The molecule has 1 atom stereocenters. The predicted molar refractivity (Wildman–Crippen MR) is 149 cm³/mol. The number of halogens is 2. The van der Waals surface area contributed by atoms with Gasteiger partial charge in [0.1, 0.15) is 18.3 Å². The van der Waals surface area contributed by atoms with E-state index in [4.69, 9.17) is 27.9 Å². The van der Waals surface area contributed by atoms with Gasteiger partial charge in [0.05, 0.1) is 17.7 Å². The Balaban J connectivity index is 2.09. The smallest absolute Gasteiger partial charge is 0.264 e. The number of para-hydroxylation sites is 2. The summed E-state index contributed by atoms with van der Waals surface area (Å²) >= 11 is 12.7. The van der Waals surface area contributed by atoms with E-state index in [1.54, 1.807) is 74.5 Å². The summed E-state index contributed by atoms with van der Waals surface area (Å²) in [6, 6.07) is 18.2. The molecule has 0 radical (unpaired) electrons. The van der Waals surface area contributed by atoms with Crippen LogP contribution in [0, 0.1) is 0 Å². The molecule has 0 fully saturated rings. The van der Waals surface area contributed by atoms with Gasteiger partial charge in [-0.15, -0.1) is 0 Å². The molecule has 0 aliphatic heterocycles. The molecule has 3 aromatic carbocycles. The molecule has 1 N–H and O–H groups in total. The van der Waals surface area contributed by atoms with Crippen molar-refractivity contribution in [3.05, 3.63) is 88.4 Å². The number of nitrogens with one attached hydrogen (secondary N) is 1. The number of likely N-dealkylation sites (N-methyl/N-ethyl adjacent to an activating group) is 1. The predicted octanol–water partition coefficient (Wildman–Crippen LogP) is 4.75. The second-order valence-electron chi connectivity index (χ2n) is 8.29. The van der Waals surface area contributed by atoms with Crippen molar-refractivity contribution in [3.63, 3.8) is 0 Å². The highest BCUT2D eigenvalue weighted by atomic mass is 35.5. The van der Waals surface area contributed by atoms with Gasteiger partial charge in [-0.2, -0.15) is 0 Å². The van der Waals surface area contributed by atoms with Gasteiger partial charge in [0.25, 0.3) is 10.0 Å². The van der Waals surface area contributed by atoms with E-state index in [9.17, 15) is 18.0 Å². The second kappa shape index (κ2) is 13.0. The van der Waals surface area contributed by atoms with Crippen LogP contribution in [0.15, 0.2) is 77.7 Å². The zero-order chi connectivity index (χ0) is 27.9. The van der Waals surface area contributed by atoms with Crippen LogP contribution in [0.2, 0.25) is 10.0 Å². The number of hydrogen-bond acceptors (Lipinski definition) is 5. The molecule has 0 aliphatic rings. The summed E-state index contributed by atoms with van der Waals surface area (Å²) in [5.74, 6) is -0.777. The minimum Gasteiger partial charge on any atom is -0.495 e. The lowest BCUT2D eigenvalue weighted by molar-refractivity contribution is -0.139. The number of anilines is 1. The Labute approximate surface area is 233 Å². The maximum Gasteiger partial charge on any atom is 0.264 e. The first-order valence-corrected chi connectivity index (χ1v) is 14.0. The lowest BCUT2D eigenvalue weighted by atomic mass is 10.1. The average Bonchev–Trinajstić information content (AvgIpc) is 2.91. The van der Waals surface area contributed by atoms with Crippen molar-refractivity contribution in [3.8, 4) is 5.75 Å². The molecule has 11 heteroatoms. The van der Waals surface area contributed by atoms with Gasteiger partial charge >= 0.3 is 0 Å². The van der Waals surface area contributed by atoms with Crippen LogP contribution in [0.4, 0.5) is 5.69 Å². The molecule has 3 rings (SSSR count). The Hall–Kier alpha value is -3.27. The largest absolute Gasteiger partial charge is 0.495 e. The summed E-state index contributed by atoms with van der Waals surface area (Å²) in [6.07, 6.45) is 0. The van der Waals surface area contributed by atoms with Crippen LogP contribution in [0.25, 0.3) is 0 Å². The third-order valence-electron chi connectivity index (χ3n) is 5.87. The van der Waals surface area contributed by atoms with E-state index in [1.807, 2.05) is 0 Å². The molecule has 2 amide bonds. The quantitative estimate of drug-likeness (QED) is 0.354. The summed E-state index contributed by atoms with van der Waals surface area (Å²) in [4.78, 5) is 28.0. The molecule has 0 aromatic heterocycles. The summed E-state index contributed by atoms with van der Waals surface area (Å²) in [7, 11) is -2.79. The standard InChI is InChI=1S/C27H29Cl2N3O5S/c1-4-30-27(34)19(2)31(17-21-22(28)13-10-14-23(21)29)26(33)18-32(24-15-8-9-16-25(24)37-3)38(35,36)20-11-6-5-7-12-20/h5-16,19H,4,17-18H2,1-3H3,(H,30,34). The fraction of sp³-hybridized carbons (Fsp3) is 0.259. The van der Waals surface area contributed by atoms with Gasteiger partial charge in [-0.05, 0) is 50.2 Å². The van der Waals surface area contributed by atoms with Crippen LogP contribution in [0.5, 0.6) is 5.75 Å². The number of amides is 2. The lowest BCUT2D eigenvalue weighted by Crippen LogP contribution is -2.51. The fourth-order valence-electron chi connectivity index (χ4n) is 3.83.